The maximum atomic E-state index is 12.2. The molecule has 0 radical (unpaired) electrons. The number of nitrogens with two attached hydrogens (primary N) is 1. The molecule has 0 aromatic heterocycles. The molecule has 2 aliphatic rings. The van der Waals surface area contributed by atoms with Gasteiger partial charge < -0.3 is 15.8 Å². The fourth-order valence-electron chi connectivity index (χ4n) is 3.37. The summed E-state index contributed by atoms with van der Waals surface area (Å²) in [7, 11) is 0. The van der Waals surface area contributed by atoms with Crippen LogP contribution in [0.5, 0.6) is 0 Å². The fourth-order valence-corrected chi connectivity index (χ4v) is 3.37. The SMILES string of the molecule is CC1(N)CCCCC1C(=O)NCCOC1CCCC1.Cl. The first-order valence-electron chi connectivity index (χ1n) is 7.78. The molecule has 0 saturated heterocycles. The second-order valence-corrected chi connectivity index (χ2v) is 6.37. The first-order valence-corrected chi connectivity index (χ1v) is 7.78. The number of halogens is 1. The summed E-state index contributed by atoms with van der Waals surface area (Å²) in [6, 6.07) is 0. The molecule has 2 atom stereocenters. The van der Waals surface area contributed by atoms with Gasteiger partial charge in [-0.05, 0) is 32.6 Å². The lowest BCUT2D eigenvalue weighted by Crippen LogP contribution is -2.53. The van der Waals surface area contributed by atoms with Crippen LogP contribution in [0.4, 0.5) is 0 Å². The molecule has 2 rings (SSSR count). The number of hydrogen-bond donors (Lipinski definition) is 2. The average Bonchev–Trinajstić information content (AvgIpc) is 2.87. The molecule has 4 nitrogen and oxygen atoms in total. The van der Waals surface area contributed by atoms with Crippen molar-refractivity contribution in [2.45, 2.75) is 69.9 Å². The van der Waals surface area contributed by atoms with E-state index in [1.54, 1.807) is 0 Å². The normalized spacial score (nSPS) is 30.8. The van der Waals surface area contributed by atoms with E-state index >= 15 is 0 Å². The van der Waals surface area contributed by atoms with Crippen LogP contribution >= 0.6 is 12.4 Å². The maximum Gasteiger partial charge on any atom is 0.225 e. The summed E-state index contributed by atoms with van der Waals surface area (Å²) in [5.74, 6) is 0.0763. The number of hydrogen-bond acceptors (Lipinski definition) is 3. The predicted octanol–water partition coefficient (Wildman–Crippen LogP) is 2.39. The second kappa shape index (κ2) is 8.20. The van der Waals surface area contributed by atoms with Crippen molar-refractivity contribution in [1.82, 2.24) is 5.32 Å². The van der Waals surface area contributed by atoms with Gasteiger partial charge in [0, 0.05) is 12.1 Å². The van der Waals surface area contributed by atoms with Gasteiger partial charge in [0.25, 0.3) is 0 Å². The highest BCUT2D eigenvalue weighted by Gasteiger charge is 2.37. The minimum Gasteiger partial charge on any atom is -0.376 e. The molecule has 20 heavy (non-hydrogen) atoms. The van der Waals surface area contributed by atoms with E-state index in [0.717, 1.165) is 25.7 Å². The number of carbonyl (C=O) groups is 1. The number of nitrogens with one attached hydrogen (secondary N) is 1. The third-order valence-electron chi connectivity index (χ3n) is 4.63. The standard InChI is InChI=1S/C15H28N2O2.ClH/c1-15(16)9-5-4-8-13(15)14(18)17-10-11-19-12-6-2-3-7-12;/h12-13H,2-11,16H2,1H3,(H,17,18);1H. The Labute approximate surface area is 128 Å². The molecule has 0 aliphatic heterocycles. The summed E-state index contributed by atoms with van der Waals surface area (Å²) >= 11 is 0. The largest absolute Gasteiger partial charge is 0.376 e. The Kier molecular flexibility index (Phi) is 7.27. The van der Waals surface area contributed by atoms with E-state index < -0.39 is 0 Å². The van der Waals surface area contributed by atoms with Crippen LogP contribution in [0.15, 0.2) is 0 Å². The van der Waals surface area contributed by atoms with Crippen molar-refractivity contribution in [2.24, 2.45) is 11.7 Å². The van der Waals surface area contributed by atoms with E-state index in [-0.39, 0.29) is 29.8 Å². The topological polar surface area (TPSA) is 64.4 Å². The molecular formula is C15H29ClN2O2. The number of carbonyl (C=O) groups excluding carboxylic acids is 1. The molecule has 2 aliphatic carbocycles. The summed E-state index contributed by atoms with van der Waals surface area (Å²) < 4.78 is 5.75. The Hall–Kier alpha value is -0.320. The van der Waals surface area contributed by atoms with Gasteiger partial charge in [-0.3, -0.25) is 4.79 Å². The molecule has 5 heteroatoms. The van der Waals surface area contributed by atoms with Gasteiger partial charge in [0.05, 0.1) is 18.6 Å². The Morgan fingerprint density at radius 3 is 2.55 bits per heavy atom. The van der Waals surface area contributed by atoms with Crippen molar-refractivity contribution in [2.75, 3.05) is 13.2 Å². The summed E-state index contributed by atoms with van der Waals surface area (Å²) in [6.07, 6.45) is 9.47. The molecule has 0 spiro atoms. The predicted molar refractivity (Wildman–Crippen MR) is 83.0 cm³/mol. The van der Waals surface area contributed by atoms with Gasteiger partial charge in [0.15, 0.2) is 0 Å². The van der Waals surface area contributed by atoms with E-state index in [1.807, 2.05) is 6.92 Å². The van der Waals surface area contributed by atoms with Crippen molar-refractivity contribution in [1.29, 1.82) is 0 Å². The quantitative estimate of drug-likeness (QED) is 0.767. The van der Waals surface area contributed by atoms with E-state index in [2.05, 4.69) is 5.32 Å². The van der Waals surface area contributed by atoms with Crippen molar-refractivity contribution >= 4 is 18.3 Å². The summed E-state index contributed by atoms with van der Waals surface area (Å²) in [6.45, 7) is 3.25. The van der Waals surface area contributed by atoms with Crippen LogP contribution in [0.3, 0.4) is 0 Å². The van der Waals surface area contributed by atoms with Gasteiger partial charge in [-0.15, -0.1) is 12.4 Å². The van der Waals surface area contributed by atoms with Gasteiger partial charge in [-0.2, -0.15) is 0 Å². The second-order valence-electron chi connectivity index (χ2n) is 6.37. The van der Waals surface area contributed by atoms with Gasteiger partial charge in [0.1, 0.15) is 0 Å². The molecule has 0 aromatic rings. The average molecular weight is 305 g/mol. The smallest absolute Gasteiger partial charge is 0.225 e. The van der Waals surface area contributed by atoms with Crippen molar-refractivity contribution in [3.05, 3.63) is 0 Å². The molecule has 0 aromatic carbocycles. The zero-order chi connectivity index (χ0) is 13.7. The van der Waals surface area contributed by atoms with Gasteiger partial charge in [-0.1, -0.05) is 25.7 Å². The Balaban J connectivity index is 0.00000200. The lowest BCUT2D eigenvalue weighted by molar-refractivity contribution is -0.128. The van der Waals surface area contributed by atoms with Crippen LogP contribution < -0.4 is 11.1 Å². The highest BCUT2D eigenvalue weighted by molar-refractivity contribution is 5.85. The fraction of sp³-hybridized carbons (Fsp3) is 0.933. The van der Waals surface area contributed by atoms with Gasteiger partial charge in [-0.25, -0.2) is 0 Å². The minimum absolute atomic E-state index is 0. The van der Waals surface area contributed by atoms with Crippen LogP contribution in [0.25, 0.3) is 0 Å². The van der Waals surface area contributed by atoms with E-state index in [0.29, 0.717) is 19.3 Å². The highest BCUT2D eigenvalue weighted by atomic mass is 35.5. The molecule has 0 bridgehead atoms. The van der Waals surface area contributed by atoms with E-state index in [4.69, 9.17) is 10.5 Å². The summed E-state index contributed by atoms with van der Waals surface area (Å²) in [5, 5.41) is 2.99. The number of amides is 1. The third-order valence-corrected chi connectivity index (χ3v) is 4.63. The molecule has 2 saturated carbocycles. The van der Waals surface area contributed by atoms with Crippen molar-refractivity contribution in [3.63, 3.8) is 0 Å². The Bertz CT molecular complexity index is 304. The number of rotatable bonds is 5. The van der Waals surface area contributed by atoms with E-state index in [9.17, 15) is 4.79 Å². The third kappa shape index (κ3) is 4.90. The molecule has 0 heterocycles. The molecule has 118 valence electrons. The molecule has 2 unspecified atom stereocenters. The van der Waals surface area contributed by atoms with Gasteiger partial charge in [0.2, 0.25) is 5.91 Å². The highest BCUT2D eigenvalue weighted by Crippen LogP contribution is 2.31. The van der Waals surface area contributed by atoms with Gasteiger partial charge >= 0.3 is 0 Å². The van der Waals surface area contributed by atoms with Crippen molar-refractivity contribution in [3.8, 4) is 0 Å². The van der Waals surface area contributed by atoms with Crippen LogP contribution in [0.2, 0.25) is 0 Å². The van der Waals surface area contributed by atoms with Crippen LogP contribution in [0.1, 0.15) is 58.3 Å². The summed E-state index contributed by atoms with van der Waals surface area (Å²) in [5.41, 5.74) is 5.90. The first-order chi connectivity index (χ1) is 9.09. The minimum atomic E-state index is -0.339. The molecular weight excluding hydrogens is 276 g/mol. The first kappa shape index (κ1) is 17.7. The van der Waals surface area contributed by atoms with Crippen molar-refractivity contribution < 1.29 is 9.53 Å². The van der Waals surface area contributed by atoms with Crippen LogP contribution in [-0.4, -0.2) is 30.7 Å². The monoisotopic (exact) mass is 304 g/mol. The molecule has 3 N–H and O–H groups in total. The Morgan fingerprint density at radius 2 is 1.90 bits per heavy atom. The zero-order valence-corrected chi connectivity index (χ0v) is 13.3. The van der Waals surface area contributed by atoms with E-state index in [1.165, 1.54) is 25.7 Å². The number of ether oxygens (including phenoxy) is 1. The summed E-state index contributed by atoms with van der Waals surface area (Å²) in [4.78, 5) is 12.2. The molecule has 2 fully saturated rings. The van der Waals surface area contributed by atoms with Crippen LogP contribution in [-0.2, 0) is 9.53 Å². The van der Waals surface area contributed by atoms with Crippen LogP contribution in [0, 0.1) is 5.92 Å². The lowest BCUT2D eigenvalue weighted by Gasteiger charge is -2.37. The molecule has 1 amide bonds. The zero-order valence-electron chi connectivity index (χ0n) is 12.5. The lowest BCUT2D eigenvalue weighted by atomic mass is 9.74. The maximum absolute atomic E-state index is 12.2. The Morgan fingerprint density at radius 1 is 1.25 bits per heavy atom.